The summed E-state index contributed by atoms with van der Waals surface area (Å²) >= 11 is 3.49. The van der Waals surface area contributed by atoms with Gasteiger partial charge in [-0.1, -0.05) is 35.0 Å². The van der Waals surface area contributed by atoms with Crippen LogP contribution in [0, 0.1) is 11.8 Å². The number of carbonyl (C=O) groups excluding carboxylic acids is 1. The molecule has 0 radical (unpaired) electrons. The number of benzene rings is 1. The third kappa shape index (κ3) is 4.70. The van der Waals surface area contributed by atoms with Crippen molar-refractivity contribution in [2.45, 2.75) is 33.4 Å². The molecule has 1 saturated heterocycles. The van der Waals surface area contributed by atoms with Crippen LogP contribution in [-0.2, 0) is 11.3 Å². The summed E-state index contributed by atoms with van der Waals surface area (Å²) < 4.78 is 1.06. The minimum Gasteiger partial charge on any atom is -0.336 e. The molecule has 1 heterocycles. The van der Waals surface area contributed by atoms with E-state index in [-0.39, 0.29) is 30.3 Å². The monoisotopic (exact) mass is 374 g/mol. The van der Waals surface area contributed by atoms with Crippen molar-refractivity contribution in [3.63, 3.8) is 0 Å². The maximum Gasteiger partial charge on any atom is 0.226 e. The molecule has 1 aromatic rings. The van der Waals surface area contributed by atoms with Crippen LogP contribution >= 0.6 is 28.3 Å². The van der Waals surface area contributed by atoms with Gasteiger partial charge >= 0.3 is 0 Å². The summed E-state index contributed by atoms with van der Waals surface area (Å²) in [4.78, 5) is 14.7. The molecular formula is C16H24BrClN2O. The van der Waals surface area contributed by atoms with E-state index in [1.165, 1.54) is 5.56 Å². The van der Waals surface area contributed by atoms with Gasteiger partial charge in [0.1, 0.15) is 0 Å². The maximum absolute atomic E-state index is 12.7. The molecule has 0 aliphatic carbocycles. The van der Waals surface area contributed by atoms with Gasteiger partial charge in [-0.05, 0) is 50.6 Å². The van der Waals surface area contributed by atoms with E-state index in [0.29, 0.717) is 12.5 Å². The van der Waals surface area contributed by atoms with E-state index in [1.807, 2.05) is 17.0 Å². The number of nitrogens with zero attached hydrogens (tertiary/aromatic N) is 1. The van der Waals surface area contributed by atoms with Crippen molar-refractivity contribution in [1.29, 1.82) is 0 Å². The smallest absolute Gasteiger partial charge is 0.226 e. The molecule has 1 atom stereocenters. The molecule has 21 heavy (non-hydrogen) atoms. The van der Waals surface area contributed by atoms with E-state index in [1.54, 1.807) is 0 Å². The van der Waals surface area contributed by atoms with Crippen LogP contribution in [0.4, 0.5) is 0 Å². The summed E-state index contributed by atoms with van der Waals surface area (Å²) in [5.41, 5.74) is 1.17. The zero-order valence-electron chi connectivity index (χ0n) is 12.8. The molecule has 5 heteroatoms. The molecule has 1 aliphatic heterocycles. The van der Waals surface area contributed by atoms with Crippen LogP contribution in [0.15, 0.2) is 28.7 Å². The number of rotatable bonds is 5. The van der Waals surface area contributed by atoms with Crippen LogP contribution in [0.2, 0.25) is 0 Å². The molecule has 1 N–H and O–H groups in total. The Morgan fingerprint density at radius 1 is 1.38 bits per heavy atom. The molecular weight excluding hydrogens is 352 g/mol. The van der Waals surface area contributed by atoms with Gasteiger partial charge < -0.3 is 10.2 Å². The van der Waals surface area contributed by atoms with E-state index in [9.17, 15) is 4.79 Å². The Bertz CT molecular complexity index is 477. The van der Waals surface area contributed by atoms with Crippen LogP contribution in [0.1, 0.15) is 26.3 Å². The molecule has 0 bridgehead atoms. The highest BCUT2D eigenvalue weighted by Gasteiger charge is 2.32. The van der Waals surface area contributed by atoms with Gasteiger partial charge in [0, 0.05) is 23.0 Å². The van der Waals surface area contributed by atoms with Gasteiger partial charge in [0.15, 0.2) is 0 Å². The van der Waals surface area contributed by atoms with Crippen molar-refractivity contribution in [2.24, 2.45) is 11.8 Å². The van der Waals surface area contributed by atoms with E-state index in [2.05, 4.69) is 54.2 Å². The minimum absolute atomic E-state index is 0. The second kappa shape index (κ2) is 8.16. The normalized spacial score (nSPS) is 16.0. The molecule has 2 rings (SSSR count). The Labute approximate surface area is 142 Å². The summed E-state index contributed by atoms with van der Waals surface area (Å²) in [5, 5.41) is 3.25. The van der Waals surface area contributed by atoms with Crippen LogP contribution in [0.5, 0.6) is 0 Å². The topological polar surface area (TPSA) is 32.3 Å². The predicted octanol–water partition coefficient (Wildman–Crippen LogP) is 3.46. The largest absolute Gasteiger partial charge is 0.336 e. The van der Waals surface area contributed by atoms with Crippen LogP contribution in [0.25, 0.3) is 0 Å². The standard InChI is InChI=1S/C16H23BrN2O.ClH/c1-11(2)19(10-13-5-4-6-15(17)7-13)16(20)12(3)14-8-18-9-14;/h4-7,11-12,14,18H,8-10H2,1-3H3;1H. The van der Waals surface area contributed by atoms with Gasteiger partial charge in [-0.25, -0.2) is 0 Å². The summed E-state index contributed by atoms with van der Waals surface area (Å²) in [6.07, 6.45) is 0. The number of nitrogens with one attached hydrogen (secondary N) is 1. The molecule has 1 unspecified atom stereocenters. The molecule has 1 aliphatic rings. The van der Waals surface area contributed by atoms with Gasteiger partial charge in [0.25, 0.3) is 0 Å². The molecule has 118 valence electrons. The second-order valence-electron chi connectivity index (χ2n) is 5.90. The number of amides is 1. The van der Waals surface area contributed by atoms with Gasteiger partial charge in [-0.3, -0.25) is 4.79 Å². The average molecular weight is 376 g/mol. The van der Waals surface area contributed by atoms with Crippen molar-refractivity contribution in [3.8, 4) is 0 Å². The van der Waals surface area contributed by atoms with E-state index >= 15 is 0 Å². The highest BCUT2D eigenvalue weighted by molar-refractivity contribution is 9.10. The third-order valence-electron chi connectivity index (χ3n) is 4.06. The lowest BCUT2D eigenvalue weighted by molar-refractivity contribution is -0.139. The van der Waals surface area contributed by atoms with Gasteiger partial charge in [-0.15, -0.1) is 12.4 Å². The lowest BCUT2D eigenvalue weighted by Gasteiger charge is -2.36. The lowest BCUT2D eigenvalue weighted by atomic mass is 9.87. The van der Waals surface area contributed by atoms with Crippen LogP contribution < -0.4 is 5.32 Å². The van der Waals surface area contributed by atoms with E-state index in [4.69, 9.17) is 0 Å². The SMILES string of the molecule is CC(C(=O)N(Cc1cccc(Br)c1)C(C)C)C1CNC1.Cl. The Kier molecular flexibility index (Phi) is 7.17. The number of halogens is 2. The molecule has 1 amide bonds. The molecule has 0 spiro atoms. The Morgan fingerprint density at radius 2 is 2.05 bits per heavy atom. The number of carbonyl (C=O) groups is 1. The summed E-state index contributed by atoms with van der Waals surface area (Å²) in [5.74, 6) is 0.864. The molecule has 0 aromatic heterocycles. The number of hydrogen-bond donors (Lipinski definition) is 1. The van der Waals surface area contributed by atoms with Crippen LogP contribution in [0.3, 0.4) is 0 Å². The van der Waals surface area contributed by atoms with Crippen molar-refractivity contribution in [3.05, 3.63) is 34.3 Å². The minimum atomic E-state index is 0. The second-order valence-corrected chi connectivity index (χ2v) is 6.81. The molecule has 1 fully saturated rings. The fourth-order valence-electron chi connectivity index (χ4n) is 2.47. The third-order valence-corrected chi connectivity index (χ3v) is 4.55. The predicted molar refractivity (Wildman–Crippen MR) is 92.6 cm³/mol. The first kappa shape index (κ1) is 18.5. The van der Waals surface area contributed by atoms with Crippen molar-refractivity contribution in [1.82, 2.24) is 10.2 Å². The maximum atomic E-state index is 12.7. The first-order chi connectivity index (χ1) is 9.49. The molecule has 0 saturated carbocycles. The van der Waals surface area contributed by atoms with Crippen molar-refractivity contribution >= 4 is 34.2 Å². The number of hydrogen-bond acceptors (Lipinski definition) is 2. The fraction of sp³-hybridized carbons (Fsp3) is 0.562. The van der Waals surface area contributed by atoms with E-state index < -0.39 is 0 Å². The first-order valence-electron chi connectivity index (χ1n) is 7.24. The van der Waals surface area contributed by atoms with Crippen LogP contribution in [-0.4, -0.2) is 29.9 Å². The highest BCUT2D eigenvalue weighted by Crippen LogP contribution is 2.22. The Morgan fingerprint density at radius 3 is 2.52 bits per heavy atom. The van der Waals surface area contributed by atoms with E-state index in [0.717, 1.165) is 17.6 Å². The summed E-state index contributed by atoms with van der Waals surface area (Å²) in [6.45, 7) is 8.85. The Hall–Kier alpha value is -0.580. The summed E-state index contributed by atoms with van der Waals surface area (Å²) in [6, 6.07) is 8.40. The Balaban J connectivity index is 0.00000220. The quantitative estimate of drug-likeness (QED) is 0.854. The van der Waals surface area contributed by atoms with Gasteiger partial charge in [0.2, 0.25) is 5.91 Å². The first-order valence-corrected chi connectivity index (χ1v) is 8.04. The summed E-state index contributed by atoms with van der Waals surface area (Å²) in [7, 11) is 0. The van der Waals surface area contributed by atoms with Gasteiger partial charge in [-0.2, -0.15) is 0 Å². The van der Waals surface area contributed by atoms with Gasteiger partial charge in [0.05, 0.1) is 0 Å². The lowest BCUT2D eigenvalue weighted by Crippen LogP contribution is -2.51. The zero-order chi connectivity index (χ0) is 14.7. The van der Waals surface area contributed by atoms with Crippen molar-refractivity contribution < 1.29 is 4.79 Å². The molecule has 1 aromatic carbocycles. The van der Waals surface area contributed by atoms with Crippen molar-refractivity contribution in [2.75, 3.05) is 13.1 Å². The average Bonchev–Trinajstić information content (AvgIpc) is 2.32. The molecule has 3 nitrogen and oxygen atoms in total. The highest BCUT2D eigenvalue weighted by atomic mass is 79.9. The fourth-order valence-corrected chi connectivity index (χ4v) is 2.92. The zero-order valence-corrected chi connectivity index (χ0v) is 15.2.